The lowest BCUT2D eigenvalue weighted by atomic mass is 9.76. The van der Waals surface area contributed by atoms with Crippen molar-refractivity contribution in [3.63, 3.8) is 0 Å². The first-order valence-electron chi connectivity index (χ1n) is 7.26. The summed E-state index contributed by atoms with van der Waals surface area (Å²) in [5, 5.41) is 4.00. The first-order valence-corrected chi connectivity index (χ1v) is 7.26. The Labute approximate surface area is 119 Å². The molecule has 0 atom stereocenters. The van der Waals surface area contributed by atoms with E-state index in [0.717, 1.165) is 31.6 Å². The van der Waals surface area contributed by atoms with Gasteiger partial charge in [-0.25, -0.2) is 0 Å². The Morgan fingerprint density at radius 3 is 2.80 bits per heavy atom. The van der Waals surface area contributed by atoms with Crippen molar-refractivity contribution >= 4 is 5.97 Å². The van der Waals surface area contributed by atoms with Crippen molar-refractivity contribution < 1.29 is 14.1 Å². The lowest BCUT2D eigenvalue weighted by Crippen LogP contribution is -2.41. The number of nitrogens with zero attached hydrogens (tertiary/aromatic N) is 2. The molecule has 0 aromatic carbocycles. The molecule has 1 heterocycles. The quantitative estimate of drug-likeness (QED) is 0.829. The summed E-state index contributed by atoms with van der Waals surface area (Å²) in [5.74, 6) is 1.51. The van der Waals surface area contributed by atoms with Gasteiger partial charge in [-0.05, 0) is 31.6 Å². The van der Waals surface area contributed by atoms with Gasteiger partial charge in [0.1, 0.15) is 0 Å². The Morgan fingerprint density at radius 2 is 2.20 bits per heavy atom. The molecule has 1 saturated carbocycles. The number of hydrogen-bond acceptors (Lipinski definition) is 6. The van der Waals surface area contributed by atoms with E-state index in [1.54, 1.807) is 0 Å². The number of hydrogen-bond donors (Lipinski definition) is 1. The molecular formula is C14H23N3O3. The van der Waals surface area contributed by atoms with Crippen molar-refractivity contribution in [3.8, 4) is 0 Å². The van der Waals surface area contributed by atoms with E-state index in [-0.39, 0.29) is 12.4 Å². The molecule has 0 radical (unpaired) electrons. The molecule has 1 fully saturated rings. The molecule has 112 valence electrons. The van der Waals surface area contributed by atoms with Gasteiger partial charge in [0.15, 0.2) is 5.82 Å². The summed E-state index contributed by atoms with van der Waals surface area (Å²) in [5.41, 5.74) is 5.94. The summed E-state index contributed by atoms with van der Waals surface area (Å²) in [7, 11) is 1.36. The minimum absolute atomic E-state index is 0.244. The van der Waals surface area contributed by atoms with E-state index >= 15 is 0 Å². The zero-order chi connectivity index (χ0) is 14.6. The molecule has 0 aliphatic heterocycles. The highest BCUT2D eigenvalue weighted by Crippen LogP contribution is 2.37. The zero-order valence-electron chi connectivity index (χ0n) is 12.2. The maximum absolute atomic E-state index is 11.1. The molecule has 1 aromatic heterocycles. The van der Waals surface area contributed by atoms with Gasteiger partial charge in [0.05, 0.1) is 19.1 Å². The van der Waals surface area contributed by atoms with Crippen molar-refractivity contribution in [3.05, 3.63) is 11.7 Å². The number of ether oxygens (including phenoxy) is 1. The number of rotatable bonds is 5. The van der Waals surface area contributed by atoms with E-state index in [9.17, 15) is 4.79 Å². The summed E-state index contributed by atoms with van der Waals surface area (Å²) in [6.45, 7) is 2.22. The summed E-state index contributed by atoms with van der Waals surface area (Å²) in [6, 6.07) is 0. The summed E-state index contributed by atoms with van der Waals surface area (Å²) in [6.07, 6.45) is 5.84. The monoisotopic (exact) mass is 281 g/mol. The second-order valence-corrected chi connectivity index (χ2v) is 5.60. The smallest absolute Gasteiger partial charge is 0.306 e. The van der Waals surface area contributed by atoms with E-state index in [2.05, 4.69) is 21.8 Å². The molecule has 2 rings (SSSR count). The average molecular weight is 281 g/mol. The molecule has 1 aliphatic rings. The number of aromatic nitrogens is 2. The van der Waals surface area contributed by atoms with Crippen molar-refractivity contribution in [1.82, 2.24) is 10.1 Å². The van der Waals surface area contributed by atoms with Gasteiger partial charge in [0.2, 0.25) is 5.89 Å². The third-order valence-electron chi connectivity index (χ3n) is 4.26. The standard InChI is InChI=1S/C14H23N3O3/c1-3-10-6-8-14(15,9-7-10)13-16-11(20-17-13)4-5-12(18)19-2/h10H,3-9,15H2,1-2H3. The van der Waals surface area contributed by atoms with Crippen LogP contribution in [0.5, 0.6) is 0 Å². The van der Waals surface area contributed by atoms with Gasteiger partial charge >= 0.3 is 5.97 Å². The molecule has 0 saturated heterocycles. The van der Waals surface area contributed by atoms with Gasteiger partial charge in [-0.15, -0.1) is 0 Å². The molecule has 0 bridgehead atoms. The zero-order valence-corrected chi connectivity index (χ0v) is 12.2. The minimum Gasteiger partial charge on any atom is -0.469 e. The van der Waals surface area contributed by atoms with Crippen LogP contribution in [0.1, 0.15) is 57.2 Å². The fourth-order valence-corrected chi connectivity index (χ4v) is 2.69. The average Bonchev–Trinajstić information content (AvgIpc) is 2.95. The molecular weight excluding hydrogens is 258 g/mol. The van der Waals surface area contributed by atoms with Crippen LogP contribution in [0, 0.1) is 5.92 Å². The maximum atomic E-state index is 11.1. The molecule has 6 heteroatoms. The number of methoxy groups -OCH3 is 1. The lowest BCUT2D eigenvalue weighted by molar-refractivity contribution is -0.140. The summed E-state index contributed by atoms with van der Waals surface area (Å²) < 4.78 is 9.77. The second kappa shape index (κ2) is 6.35. The number of esters is 1. The van der Waals surface area contributed by atoms with Crippen molar-refractivity contribution in [2.24, 2.45) is 11.7 Å². The largest absolute Gasteiger partial charge is 0.469 e. The Morgan fingerprint density at radius 1 is 1.50 bits per heavy atom. The minimum atomic E-state index is -0.474. The number of carbonyl (C=O) groups is 1. The van der Waals surface area contributed by atoms with E-state index in [4.69, 9.17) is 10.3 Å². The van der Waals surface area contributed by atoms with Crippen LogP contribution in [0.2, 0.25) is 0 Å². The Kier molecular flexibility index (Phi) is 4.75. The molecule has 1 aromatic rings. The number of nitrogens with two attached hydrogens (primary N) is 1. The highest BCUT2D eigenvalue weighted by atomic mass is 16.5. The Bertz CT molecular complexity index is 450. The van der Waals surface area contributed by atoms with Crippen molar-refractivity contribution in [1.29, 1.82) is 0 Å². The van der Waals surface area contributed by atoms with Gasteiger partial charge in [-0.2, -0.15) is 4.98 Å². The van der Waals surface area contributed by atoms with Crippen LogP contribution >= 0.6 is 0 Å². The number of carbonyl (C=O) groups excluding carboxylic acids is 1. The van der Waals surface area contributed by atoms with E-state index in [1.807, 2.05) is 0 Å². The van der Waals surface area contributed by atoms with Crippen LogP contribution in [-0.2, 0) is 21.5 Å². The molecule has 6 nitrogen and oxygen atoms in total. The van der Waals surface area contributed by atoms with Crippen LogP contribution in [0.25, 0.3) is 0 Å². The molecule has 1 aliphatic carbocycles. The van der Waals surface area contributed by atoms with E-state index in [1.165, 1.54) is 13.5 Å². The number of aryl methyl sites for hydroxylation is 1. The summed E-state index contributed by atoms with van der Waals surface area (Å²) in [4.78, 5) is 15.4. The predicted molar refractivity (Wildman–Crippen MR) is 72.7 cm³/mol. The third kappa shape index (κ3) is 3.36. The van der Waals surface area contributed by atoms with Crippen molar-refractivity contribution in [2.75, 3.05) is 7.11 Å². The highest BCUT2D eigenvalue weighted by Gasteiger charge is 2.36. The topological polar surface area (TPSA) is 91.2 Å². The van der Waals surface area contributed by atoms with Gasteiger partial charge in [0, 0.05) is 6.42 Å². The van der Waals surface area contributed by atoms with E-state index < -0.39 is 5.54 Å². The second-order valence-electron chi connectivity index (χ2n) is 5.60. The Balaban J connectivity index is 1.96. The van der Waals surface area contributed by atoms with Gasteiger partial charge in [-0.1, -0.05) is 18.5 Å². The lowest BCUT2D eigenvalue weighted by Gasteiger charge is -2.34. The normalized spacial score (nSPS) is 26.4. The maximum Gasteiger partial charge on any atom is 0.306 e. The molecule has 20 heavy (non-hydrogen) atoms. The third-order valence-corrected chi connectivity index (χ3v) is 4.26. The molecule has 2 N–H and O–H groups in total. The van der Waals surface area contributed by atoms with Crippen LogP contribution < -0.4 is 5.73 Å². The molecule has 0 spiro atoms. The van der Waals surface area contributed by atoms with Crippen LogP contribution in [0.4, 0.5) is 0 Å². The predicted octanol–water partition coefficient (Wildman–Crippen LogP) is 1.93. The van der Waals surface area contributed by atoms with Crippen LogP contribution in [0.15, 0.2) is 4.52 Å². The van der Waals surface area contributed by atoms with Gasteiger partial charge < -0.3 is 15.0 Å². The van der Waals surface area contributed by atoms with Gasteiger partial charge in [-0.3, -0.25) is 4.79 Å². The summed E-state index contributed by atoms with van der Waals surface area (Å²) >= 11 is 0. The SMILES string of the molecule is CCC1CCC(N)(c2noc(CCC(=O)OC)n2)CC1. The highest BCUT2D eigenvalue weighted by molar-refractivity contribution is 5.69. The van der Waals surface area contributed by atoms with Crippen LogP contribution in [0.3, 0.4) is 0 Å². The first-order chi connectivity index (χ1) is 9.57. The van der Waals surface area contributed by atoms with Gasteiger partial charge in [0.25, 0.3) is 0 Å². The molecule has 0 unspecified atom stereocenters. The van der Waals surface area contributed by atoms with Crippen molar-refractivity contribution in [2.45, 2.75) is 57.4 Å². The fraction of sp³-hybridized carbons (Fsp3) is 0.786. The Hall–Kier alpha value is -1.43. The fourth-order valence-electron chi connectivity index (χ4n) is 2.69. The molecule has 0 amide bonds. The first kappa shape index (κ1) is 15.0. The van der Waals surface area contributed by atoms with Crippen LogP contribution in [-0.4, -0.2) is 23.2 Å². The van der Waals surface area contributed by atoms with E-state index in [0.29, 0.717) is 18.1 Å².